The van der Waals surface area contributed by atoms with E-state index in [4.69, 9.17) is 28.4 Å². The van der Waals surface area contributed by atoms with E-state index >= 15 is 0 Å². The minimum absolute atomic E-state index is 0.187. The van der Waals surface area contributed by atoms with Crippen LogP contribution in [0.1, 0.15) is 47.8 Å². The van der Waals surface area contributed by atoms with E-state index in [0.717, 1.165) is 0 Å². The van der Waals surface area contributed by atoms with Crippen LogP contribution in [0.15, 0.2) is 91.0 Å². The molecule has 232 valence electrons. The Bertz CT molecular complexity index is 1560. The van der Waals surface area contributed by atoms with Gasteiger partial charge in [0.2, 0.25) is 0 Å². The Hall–Kier alpha value is -4.83. The summed E-state index contributed by atoms with van der Waals surface area (Å²) in [5.41, 5.74) is 1.62. The van der Waals surface area contributed by atoms with Crippen molar-refractivity contribution in [3.8, 4) is 17.2 Å². The van der Waals surface area contributed by atoms with Crippen LogP contribution in [0.5, 0.6) is 17.2 Å². The Morgan fingerprint density at radius 3 is 1.53 bits per heavy atom. The summed E-state index contributed by atoms with van der Waals surface area (Å²) in [5.74, 6) is 0.405. The van der Waals surface area contributed by atoms with Gasteiger partial charge in [0.15, 0.2) is 17.3 Å². The van der Waals surface area contributed by atoms with Crippen molar-refractivity contribution in [1.82, 2.24) is 0 Å². The van der Waals surface area contributed by atoms with Crippen molar-refractivity contribution in [2.75, 3.05) is 60.0 Å². The summed E-state index contributed by atoms with van der Waals surface area (Å²) in [7, 11) is 1.52. The molecule has 0 spiro atoms. The maximum atomic E-state index is 13.8. The zero-order valence-electron chi connectivity index (χ0n) is 25.0. The van der Waals surface area contributed by atoms with Crippen molar-refractivity contribution in [2.45, 2.75) is 0 Å². The first-order valence-electron chi connectivity index (χ1n) is 14.6. The average molecular weight is 611 g/mol. The molecule has 0 unspecified atom stereocenters. The lowest BCUT2D eigenvalue weighted by Gasteiger charge is -2.12. The fourth-order valence-electron chi connectivity index (χ4n) is 4.72. The molecule has 4 aromatic carbocycles. The Morgan fingerprint density at radius 1 is 0.533 bits per heavy atom. The van der Waals surface area contributed by atoms with Crippen LogP contribution in [-0.2, 0) is 14.2 Å². The van der Waals surface area contributed by atoms with Gasteiger partial charge in [-0.25, -0.2) is 0 Å². The van der Waals surface area contributed by atoms with Crippen molar-refractivity contribution in [2.24, 2.45) is 0 Å². The molecule has 0 fully saturated rings. The Labute approximate surface area is 261 Å². The summed E-state index contributed by atoms with van der Waals surface area (Å²) >= 11 is 0. The summed E-state index contributed by atoms with van der Waals surface area (Å²) in [6, 6.07) is 24.7. The highest BCUT2D eigenvalue weighted by Gasteiger charge is 2.20. The zero-order chi connectivity index (χ0) is 31.4. The van der Waals surface area contributed by atoms with E-state index in [1.54, 1.807) is 72.8 Å². The summed E-state index contributed by atoms with van der Waals surface area (Å²) < 4.78 is 33.5. The molecule has 0 N–H and O–H groups in total. The minimum atomic E-state index is -0.366. The lowest BCUT2D eigenvalue weighted by Crippen LogP contribution is -2.14. The van der Waals surface area contributed by atoms with E-state index in [1.165, 1.54) is 25.3 Å². The van der Waals surface area contributed by atoms with Gasteiger partial charge in [-0.1, -0.05) is 36.4 Å². The monoisotopic (exact) mass is 610 g/mol. The summed E-state index contributed by atoms with van der Waals surface area (Å²) in [5, 5.41) is 0. The predicted octanol–water partition coefficient (Wildman–Crippen LogP) is 5.21. The van der Waals surface area contributed by atoms with Gasteiger partial charge in [0, 0.05) is 33.4 Å². The smallest absolute Gasteiger partial charge is 0.193 e. The first kappa shape index (κ1) is 31.6. The summed E-state index contributed by atoms with van der Waals surface area (Å²) in [4.78, 5) is 41.3. The van der Waals surface area contributed by atoms with Crippen molar-refractivity contribution < 1.29 is 42.8 Å². The Kier molecular flexibility index (Phi) is 11.1. The van der Waals surface area contributed by atoms with Crippen LogP contribution in [0.3, 0.4) is 0 Å². The van der Waals surface area contributed by atoms with Crippen molar-refractivity contribution >= 4 is 17.3 Å². The number of ether oxygens (including phenoxy) is 6. The third-order valence-electron chi connectivity index (χ3n) is 6.98. The van der Waals surface area contributed by atoms with E-state index in [1.807, 2.05) is 0 Å². The number of hydrogen-bond acceptors (Lipinski definition) is 9. The van der Waals surface area contributed by atoms with Crippen LogP contribution >= 0.6 is 0 Å². The van der Waals surface area contributed by atoms with Gasteiger partial charge in [-0.3, -0.25) is 14.4 Å². The predicted molar refractivity (Wildman–Crippen MR) is 166 cm³/mol. The number of methoxy groups -OCH3 is 1. The quantitative estimate of drug-likeness (QED) is 0.289. The van der Waals surface area contributed by atoms with Crippen LogP contribution in [0.2, 0.25) is 0 Å². The van der Waals surface area contributed by atoms with Gasteiger partial charge >= 0.3 is 0 Å². The molecule has 0 amide bonds. The largest absolute Gasteiger partial charge is 0.497 e. The molecule has 45 heavy (non-hydrogen) atoms. The van der Waals surface area contributed by atoms with Crippen LogP contribution in [-0.4, -0.2) is 77.3 Å². The van der Waals surface area contributed by atoms with Crippen LogP contribution < -0.4 is 14.2 Å². The molecule has 1 heterocycles. The van der Waals surface area contributed by atoms with Crippen molar-refractivity contribution in [1.29, 1.82) is 0 Å². The van der Waals surface area contributed by atoms with Crippen LogP contribution in [0.4, 0.5) is 0 Å². The second-order valence-corrected chi connectivity index (χ2v) is 10.1. The molecule has 9 nitrogen and oxygen atoms in total. The normalized spacial score (nSPS) is 15.2. The fourth-order valence-corrected chi connectivity index (χ4v) is 4.72. The van der Waals surface area contributed by atoms with Gasteiger partial charge in [-0.05, 0) is 54.6 Å². The first-order chi connectivity index (χ1) is 22.0. The molecule has 6 bridgehead atoms. The number of carbonyl (C=O) groups excluding carboxylic acids is 3. The van der Waals surface area contributed by atoms with Gasteiger partial charge in [0.05, 0.1) is 46.8 Å². The number of fused-ring (bicyclic) bond motifs is 6. The van der Waals surface area contributed by atoms with Gasteiger partial charge in [0.1, 0.15) is 30.5 Å². The highest BCUT2D eigenvalue weighted by atomic mass is 16.6. The molecule has 0 aliphatic carbocycles. The van der Waals surface area contributed by atoms with Gasteiger partial charge in [0.25, 0.3) is 0 Å². The number of carbonyl (C=O) groups is 3. The topological polar surface area (TPSA) is 107 Å². The first-order valence-corrected chi connectivity index (χ1v) is 14.6. The molecule has 0 saturated carbocycles. The molecule has 0 atom stereocenters. The number of rotatable bonds is 3. The number of benzene rings is 4. The second-order valence-electron chi connectivity index (χ2n) is 10.1. The highest BCUT2D eigenvalue weighted by Crippen LogP contribution is 2.24. The van der Waals surface area contributed by atoms with Gasteiger partial charge < -0.3 is 28.4 Å². The molecular weight excluding hydrogens is 576 g/mol. The molecular formula is C36H34O9. The standard InChI is InChI=1S/C36H34O9/c1-40-31-8-2-5-25(22-31)34(37)28-19-29-21-30(20-28)36(39)27-7-4-10-33(24-27)45-18-16-43-14-12-41-11-13-42-15-17-44-32-9-3-6-26(23-32)35(29)38/h2-10,19-24H,11-18H2,1H3. The fraction of sp³-hybridized carbons (Fsp3) is 0.250. The van der Waals surface area contributed by atoms with E-state index in [0.29, 0.717) is 73.6 Å². The Balaban J connectivity index is 1.51. The van der Waals surface area contributed by atoms with E-state index < -0.39 is 0 Å². The molecule has 0 radical (unpaired) electrons. The number of ketones is 3. The molecule has 9 heteroatoms. The average Bonchev–Trinajstić information content (AvgIpc) is 3.09. The maximum absolute atomic E-state index is 13.8. The van der Waals surface area contributed by atoms with Crippen molar-refractivity contribution in [3.63, 3.8) is 0 Å². The third kappa shape index (κ3) is 8.63. The maximum Gasteiger partial charge on any atom is 0.193 e. The van der Waals surface area contributed by atoms with Gasteiger partial charge in [-0.15, -0.1) is 0 Å². The molecule has 1 aliphatic heterocycles. The summed E-state index contributed by atoms with van der Waals surface area (Å²) in [6.45, 7) is 2.91. The molecule has 5 rings (SSSR count). The third-order valence-corrected chi connectivity index (χ3v) is 6.98. The Morgan fingerprint density at radius 2 is 1.02 bits per heavy atom. The second kappa shape index (κ2) is 15.8. The molecule has 1 aliphatic rings. The van der Waals surface area contributed by atoms with Gasteiger partial charge in [-0.2, -0.15) is 0 Å². The van der Waals surface area contributed by atoms with E-state index in [9.17, 15) is 14.4 Å². The number of hydrogen-bond donors (Lipinski definition) is 0. The van der Waals surface area contributed by atoms with E-state index in [2.05, 4.69) is 0 Å². The van der Waals surface area contributed by atoms with Crippen molar-refractivity contribution in [3.05, 3.63) is 124 Å². The lowest BCUT2D eigenvalue weighted by molar-refractivity contribution is 0.00498. The zero-order valence-corrected chi connectivity index (χ0v) is 25.0. The SMILES string of the molecule is COc1cccc(C(=O)c2cc3cc(c2)C(=O)c2cccc(c2)OCCOCCOCCOCCOc2cccc(c2)C3=O)c1. The molecule has 4 aromatic rings. The highest BCUT2D eigenvalue weighted by molar-refractivity contribution is 6.17. The molecule has 0 saturated heterocycles. The lowest BCUT2D eigenvalue weighted by atomic mass is 9.92. The van der Waals surface area contributed by atoms with Crippen LogP contribution in [0, 0.1) is 0 Å². The minimum Gasteiger partial charge on any atom is -0.497 e. The van der Waals surface area contributed by atoms with E-state index in [-0.39, 0.29) is 47.3 Å². The molecule has 0 aromatic heterocycles. The summed E-state index contributed by atoms with van der Waals surface area (Å²) in [6.07, 6.45) is 0. The van der Waals surface area contributed by atoms with Crippen LogP contribution in [0.25, 0.3) is 0 Å².